The van der Waals surface area contributed by atoms with Gasteiger partial charge in [-0.15, -0.1) is 0 Å². The molecule has 2 unspecified atom stereocenters. The quantitative estimate of drug-likeness (QED) is 0.540. The molecule has 156 valence electrons. The van der Waals surface area contributed by atoms with Crippen LogP contribution in [-0.2, 0) is 0 Å². The van der Waals surface area contributed by atoms with E-state index in [-0.39, 0.29) is 23.0 Å². The van der Waals surface area contributed by atoms with E-state index in [0.29, 0.717) is 23.1 Å². The summed E-state index contributed by atoms with van der Waals surface area (Å²) in [5.74, 6) is -1.22. The van der Waals surface area contributed by atoms with Gasteiger partial charge in [-0.1, -0.05) is 17.7 Å². The number of carbonyl (C=O) groups excluding carboxylic acids is 1. The standard InChI is InChI=1S/C25H25F2NO2/c1-13-5-4-6-14(9-13)23-21-16(17-10-15(26)11-18(27)24(17)30-23)7-8-19-22(21)20(29)12-25(2,3)28-19/h7-11,14,23,28H,4-6,12H2,1-3H3. The Morgan fingerprint density at radius 2 is 1.97 bits per heavy atom. The number of hydrogen-bond donors (Lipinski definition) is 1. The third-order valence-electron chi connectivity index (χ3n) is 6.42. The molecule has 2 heterocycles. The fraction of sp³-hybridized carbons (Fsp3) is 0.400. The Balaban J connectivity index is 1.77. The first-order chi connectivity index (χ1) is 14.2. The van der Waals surface area contributed by atoms with Crippen molar-refractivity contribution >= 4 is 11.5 Å². The smallest absolute Gasteiger partial charge is 0.168 e. The molecule has 30 heavy (non-hydrogen) atoms. The predicted molar refractivity (Wildman–Crippen MR) is 113 cm³/mol. The van der Waals surface area contributed by atoms with Crippen LogP contribution in [0.15, 0.2) is 35.9 Å². The van der Waals surface area contributed by atoms with Gasteiger partial charge in [0.15, 0.2) is 17.3 Å². The fourth-order valence-corrected chi connectivity index (χ4v) is 5.21. The Labute approximate surface area is 175 Å². The molecule has 0 aromatic heterocycles. The Morgan fingerprint density at radius 1 is 1.17 bits per heavy atom. The summed E-state index contributed by atoms with van der Waals surface area (Å²) >= 11 is 0. The van der Waals surface area contributed by atoms with Crippen LogP contribution in [0, 0.1) is 17.6 Å². The van der Waals surface area contributed by atoms with E-state index in [2.05, 4.69) is 18.3 Å². The van der Waals surface area contributed by atoms with Gasteiger partial charge in [0.05, 0.1) is 0 Å². The lowest BCUT2D eigenvalue weighted by Crippen LogP contribution is -2.39. The molecule has 0 amide bonds. The van der Waals surface area contributed by atoms with Crippen LogP contribution in [-0.4, -0.2) is 11.3 Å². The molecule has 2 aromatic rings. The van der Waals surface area contributed by atoms with Gasteiger partial charge in [-0.05, 0) is 57.7 Å². The zero-order valence-electron chi connectivity index (χ0n) is 17.4. The monoisotopic (exact) mass is 409 g/mol. The SMILES string of the molecule is CC1=CC(C2Oc3c(F)cc(F)cc3-c3ccc4c(c32)C(=O)CC(C)(C)N4)CCC1. The number of halogens is 2. The molecule has 3 nitrogen and oxygen atoms in total. The van der Waals surface area contributed by atoms with Crippen LogP contribution in [0.2, 0.25) is 0 Å². The summed E-state index contributed by atoms with van der Waals surface area (Å²) in [6, 6.07) is 5.87. The highest BCUT2D eigenvalue weighted by Gasteiger charge is 2.41. The fourth-order valence-electron chi connectivity index (χ4n) is 5.21. The molecule has 0 radical (unpaired) electrons. The minimum absolute atomic E-state index is 0.0318. The molecule has 2 atom stereocenters. The highest BCUT2D eigenvalue weighted by atomic mass is 19.1. The maximum atomic E-state index is 14.7. The number of nitrogens with one attached hydrogen (secondary N) is 1. The zero-order chi connectivity index (χ0) is 21.2. The summed E-state index contributed by atoms with van der Waals surface area (Å²) in [6.07, 6.45) is 5.02. The predicted octanol–water partition coefficient (Wildman–Crippen LogP) is 6.59. The molecule has 5 rings (SSSR count). The van der Waals surface area contributed by atoms with Crippen molar-refractivity contribution in [3.8, 4) is 16.9 Å². The van der Waals surface area contributed by atoms with Crippen LogP contribution in [0.4, 0.5) is 14.5 Å². The van der Waals surface area contributed by atoms with E-state index in [0.717, 1.165) is 36.6 Å². The molecule has 2 aliphatic heterocycles. The van der Waals surface area contributed by atoms with Gasteiger partial charge in [-0.2, -0.15) is 0 Å². The molecule has 1 aliphatic carbocycles. The number of hydrogen-bond acceptors (Lipinski definition) is 3. The van der Waals surface area contributed by atoms with E-state index in [1.165, 1.54) is 11.6 Å². The van der Waals surface area contributed by atoms with Gasteiger partial charge in [0.1, 0.15) is 11.9 Å². The largest absolute Gasteiger partial charge is 0.481 e. The number of Topliss-reactive ketones (excluding diaryl/α,β-unsaturated/α-hetero) is 1. The van der Waals surface area contributed by atoms with Gasteiger partial charge in [-0.25, -0.2) is 8.78 Å². The topological polar surface area (TPSA) is 38.3 Å². The molecule has 1 N–H and O–H groups in total. The van der Waals surface area contributed by atoms with Crippen molar-refractivity contribution in [3.63, 3.8) is 0 Å². The van der Waals surface area contributed by atoms with E-state index >= 15 is 0 Å². The highest BCUT2D eigenvalue weighted by molar-refractivity contribution is 6.07. The second-order valence-corrected chi connectivity index (χ2v) is 9.43. The van der Waals surface area contributed by atoms with Crippen molar-refractivity contribution in [2.24, 2.45) is 5.92 Å². The molecule has 3 aliphatic rings. The highest BCUT2D eigenvalue weighted by Crippen LogP contribution is 2.52. The lowest BCUT2D eigenvalue weighted by molar-refractivity contribution is 0.0944. The van der Waals surface area contributed by atoms with Crippen LogP contribution in [0.1, 0.15) is 68.5 Å². The summed E-state index contributed by atoms with van der Waals surface area (Å²) in [5, 5.41) is 3.46. The Kier molecular flexibility index (Phi) is 4.28. The summed E-state index contributed by atoms with van der Waals surface area (Å²) in [7, 11) is 0. The van der Waals surface area contributed by atoms with Crippen LogP contribution < -0.4 is 10.1 Å². The van der Waals surface area contributed by atoms with E-state index in [1.807, 2.05) is 26.0 Å². The van der Waals surface area contributed by atoms with Gasteiger partial charge in [-0.3, -0.25) is 4.79 Å². The first-order valence-corrected chi connectivity index (χ1v) is 10.6. The molecule has 2 aromatic carbocycles. The van der Waals surface area contributed by atoms with Crippen molar-refractivity contribution in [2.75, 3.05) is 5.32 Å². The second kappa shape index (κ2) is 6.66. The van der Waals surface area contributed by atoms with Crippen LogP contribution in [0.3, 0.4) is 0 Å². The van der Waals surface area contributed by atoms with Gasteiger partial charge >= 0.3 is 0 Å². The minimum atomic E-state index is -0.708. The first kappa shape index (κ1) is 19.3. The number of anilines is 1. The third-order valence-corrected chi connectivity index (χ3v) is 6.42. The molecule has 0 spiro atoms. The Bertz CT molecular complexity index is 1100. The number of carbonyl (C=O) groups is 1. The minimum Gasteiger partial charge on any atom is -0.481 e. The molecular formula is C25H25F2NO2. The van der Waals surface area contributed by atoms with E-state index < -0.39 is 17.7 Å². The van der Waals surface area contributed by atoms with Crippen LogP contribution >= 0.6 is 0 Å². The average molecular weight is 409 g/mol. The zero-order valence-corrected chi connectivity index (χ0v) is 17.4. The third kappa shape index (κ3) is 3.03. The average Bonchev–Trinajstić information content (AvgIpc) is 2.65. The van der Waals surface area contributed by atoms with Gasteiger partial charge in [0.2, 0.25) is 0 Å². The number of benzene rings is 2. The maximum absolute atomic E-state index is 14.7. The maximum Gasteiger partial charge on any atom is 0.168 e. The second-order valence-electron chi connectivity index (χ2n) is 9.43. The molecule has 5 heteroatoms. The number of ketones is 1. The normalized spacial score (nSPS) is 24.0. The summed E-state index contributed by atoms with van der Waals surface area (Å²) in [5.41, 5.74) is 4.11. The molecule has 0 saturated carbocycles. The van der Waals surface area contributed by atoms with Crippen molar-refractivity contribution in [1.82, 2.24) is 0 Å². The summed E-state index contributed by atoms with van der Waals surface area (Å²) < 4.78 is 35.0. The molecular weight excluding hydrogens is 384 g/mol. The molecule has 0 fully saturated rings. The first-order valence-electron chi connectivity index (χ1n) is 10.6. The van der Waals surface area contributed by atoms with Gasteiger partial charge < -0.3 is 10.1 Å². The number of fused-ring (bicyclic) bond motifs is 5. The molecule has 0 saturated heterocycles. The Hall–Kier alpha value is -2.69. The Morgan fingerprint density at radius 3 is 2.73 bits per heavy atom. The van der Waals surface area contributed by atoms with E-state index in [9.17, 15) is 13.6 Å². The number of rotatable bonds is 1. The van der Waals surface area contributed by atoms with E-state index in [4.69, 9.17) is 4.74 Å². The molecule has 0 bridgehead atoms. The number of ether oxygens (including phenoxy) is 1. The van der Waals surface area contributed by atoms with Gasteiger partial charge in [0, 0.05) is 46.3 Å². The lowest BCUT2D eigenvalue weighted by atomic mass is 9.76. The van der Waals surface area contributed by atoms with Crippen molar-refractivity contribution < 1.29 is 18.3 Å². The van der Waals surface area contributed by atoms with E-state index in [1.54, 1.807) is 0 Å². The van der Waals surface area contributed by atoms with Crippen molar-refractivity contribution in [3.05, 3.63) is 58.7 Å². The van der Waals surface area contributed by atoms with Crippen LogP contribution in [0.5, 0.6) is 5.75 Å². The summed E-state index contributed by atoms with van der Waals surface area (Å²) in [6.45, 7) is 6.08. The van der Waals surface area contributed by atoms with Crippen molar-refractivity contribution in [1.29, 1.82) is 0 Å². The number of allylic oxidation sites excluding steroid dienone is 1. The van der Waals surface area contributed by atoms with Gasteiger partial charge in [0.25, 0.3) is 0 Å². The van der Waals surface area contributed by atoms with Crippen LogP contribution in [0.25, 0.3) is 11.1 Å². The van der Waals surface area contributed by atoms with Crippen molar-refractivity contribution in [2.45, 2.75) is 58.1 Å². The summed E-state index contributed by atoms with van der Waals surface area (Å²) in [4.78, 5) is 13.3. The lowest BCUT2D eigenvalue weighted by Gasteiger charge is -2.39.